The minimum absolute atomic E-state index is 0.0650. The van der Waals surface area contributed by atoms with E-state index < -0.39 is 5.54 Å². The third kappa shape index (κ3) is 1.98. The van der Waals surface area contributed by atoms with E-state index in [-0.39, 0.29) is 6.61 Å². The van der Waals surface area contributed by atoms with E-state index in [9.17, 15) is 5.11 Å². The molecule has 0 saturated carbocycles. The van der Waals surface area contributed by atoms with E-state index in [4.69, 9.17) is 9.47 Å². The molecule has 17 heavy (non-hydrogen) atoms. The Morgan fingerprint density at radius 2 is 1.94 bits per heavy atom. The van der Waals surface area contributed by atoms with Crippen molar-refractivity contribution in [1.82, 2.24) is 5.32 Å². The first-order valence-electron chi connectivity index (χ1n) is 5.76. The Morgan fingerprint density at radius 3 is 2.53 bits per heavy atom. The molecule has 2 N–H and O–H groups in total. The molecule has 0 amide bonds. The summed E-state index contributed by atoms with van der Waals surface area (Å²) in [6, 6.07) is 3.96. The van der Waals surface area contributed by atoms with Crippen LogP contribution in [0.5, 0.6) is 11.5 Å². The van der Waals surface area contributed by atoms with Gasteiger partial charge in [-0.1, -0.05) is 0 Å². The minimum Gasteiger partial charge on any atom is -0.493 e. The molecule has 0 spiro atoms. The molecule has 0 radical (unpaired) electrons. The van der Waals surface area contributed by atoms with Crippen molar-refractivity contribution in [2.75, 3.05) is 27.4 Å². The molecule has 0 saturated heterocycles. The molecule has 1 aromatic rings. The van der Waals surface area contributed by atoms with Gasteiger partial charge in [0.15, 0.2) is 11.5 Å². The van der Waals surface area contributed by atoms with E-state index in [1.54, 1.807) is 14.2 Å². The van der Waals surface area contributed by atoms with Crippen LogP contribution >= 0.6 is 0 Å². The lowest BCUT2D eigenvalue weighted by Crippen LogP contribution is -2.47. The number of ether oxygens (including phenoxy) is 2. The lowest BCUT2D eigenvalue weighted by Gasteiger charge is -2.36. The van der Waals surface area contributed by atoms with E-state index in [2.05, 4.69) is 5.32 Å². The predicted molar refractivity (Wildman–Crippen MR) is 65.7 cm³/mol. The molecule has 4 nitrogen and oxygen atoms in total. The molecule has 0 aromatic heterocycles. The average molecular weight is 237 g/mol. The molecule has 2 rings (SSSR count). The molecule has 1 unspecified atom stereocenters. The van der Waals surface area contributed by atoms with Gasteiger partial charge in [-0.25, -0.2) is 0 Å². The standard InChI is InChI=1S/C13H19NO3/c1-13(8-15)10-7-12(17-3)11(16-2)6-9(10)4-5-14-13/h6-7,14-15H,4-5,8H2,1-3H3. The zero-order valence-corrected chi connectivity index (χ0v) is 10.5. The van der Waals surface area contributed by atoms with Crippen LogP contribution in [0, 0.1) is 0 Å². The van der Waals surface area contributed by atoms with Crippen LogP contribution in [0.1, 0.15) is 18.1 Å². The number of nitrogens with one attached hydrogen (secondary N) is 1. The van der Waals surface area contributed by atoms with Crippen molar-refractivity contribution >= 4 is 0 Å². The molecule has 1 atom stereocenters. The summed E-state index contributed by atoms with van der Waals surface area (Å²) in [5.74, 6) is 1.45. The molecule has 4 heteroatoms. The molecule has 0 aliphatic carbocycles. The highest BCUT2D eigenvalue weighted by molar-refractivity contribution is 5.50. The number of aliphatic hydroxyl groups is 1. The fourth-order valence-corrected chi connectivity index (χ4v) is 2.35. The molecule has 0 fully saturated rings. The lowest BCUT2D eigenvalue weighted by atomic mass is 9.84. The van der Waals surface area contributed by atoms with Crippen molar-refractivity contribution in [3.05, 3.63) is 23.3 Å². The van der Waals surface area contributed by atoms with Crippen molar-refractivity contribution in [1.29, 1.82) is 0 Å². The molecular weight excluding hydrogens is 218 g/mol. The fraction of sp³-hybridized carbons (Fsp3) is 0.538. The average Bonchev–Trinajstić information content (AvgIpc) is 2.37. The molecule has 1 aliphatic heterocycles. The van der Waals surface area contributed by atoms with Crippen LogP contribution in [-0.2, 0) is 12.0 Å². The lowest BCUT2D eigenvalue weighted by molar-refractivity contribution is 0.168. The van der Waals surface area contributed by atoms with E-state index in [1.807, 2.05) is 19.1 Å². The second-order valence-electron chi connectivity index (χ2n) is 4.53. The SMILES string of the molecule is COc1cc2c(cc1OC)C(C)(CO)NCC2. The van der Waals surface area contributed by atoms with Crippen LogP contribution < -0.4 is 14.8 Å². The second-order valence-corrected chi connectivity index (χ2v) is 4.53. The van der Waals surface area contributed by atoms with Gasteiger partial charge in [-0.2, -0.15) is 0 Å². The Labute approximate surface area is 102 Å². The van der Waals surface area contributed by atoms with Gasteiger partial charge in [0.25, 0.3) is 0 Å². The number of methoxy groups -OCH3 is 2. The highest BCUT2D eigenvalue weighted by atomic mass is 16.5. The first kappa shape index (κ1) is 12.2. The molecule has 1 heterocycles. The molecular formula is C13H19NO3. The van der Waals surface area contributed by atoms with Crippen LogP contribution in [0.3, 0.4) is 0 Å². The van der Waals surface area contributed by atoms with Crippen molar-refractivity contribution in [3.8, 4) is 11.5 Å². The number of aliphatic hydroxyl groups excluding tert-OH is 1. The van der Waals surface area contributed by atoms with Gasteiger partial charge in [-0.15, -0.1) is 0 Å². The zero-order valence-electron chi connectivity index (χ0n) is 10.5. The highest BCUT2D eigenvalue weighted by Gasteiger charge is 2.32. The van der Waals surface area contributed by atoms with Gasteiger partial charge >= 0.3 is 0 Å². The van der Waals surface area contributed by atoms with Crippen LogP contribution in [-0.4, -0.2) is 32.5 Å². The number of rotatable bonds is 3. The second kappa shape index (κ2) is 4.55. The van der Waals surface area contributed by atoms with Gasteiger partial charge in [0, 0.05) is 6.54 Å². The van der Waals surface area contributed by atoms with E-state index >= 15 is 0 Å². The summed E-state index contributed by atoms with van der Waals surface area (Å²) in [5, 5.41) is 12.9. The first-order chi connectivity index (χ1) is 8.14. The number of benzene rings is 1. The summed E-state index contributed by atoms with van der Waals surface area (Å²) < 4.78 is 10.6. The summed E-state index contributed by atoms with van der Waals surface area (Å²) >= 11 is 0. The summed E-state index contributed by atoms with van der Waals surface area (Å²) in [6.07, 6.45) is 0.936. The largest absolute Gasteiger partial charge is 0.493 e. The van der Waals surface area contributed by atoms with Gasteiger partial charge in [0.2, 0.25) is 0 Å². The number of hydrogen-bond donors (Lipinski definition) is 2. The Kier molecular flexibility index (Phi) is 3.26. The predicted octanol–water partition coefficient (Wildman–Crippen LogP) is 1.06. The monoisotopic (exact) mass is 237 g/mol. The van der Waals surface area contributed by atoms with Crippen LogP contribution in [0.25, 0.3) is 0 Å². The highest BCUT2D eigenvalue weighted by Crippen LogP contribution is 2.37. The normalized spacial score (nSPS) is 23.1. The fourth-order valence-electron chi connectivity index (χ4n) is 2.35. The Bertz CT molecular complexity index is 419. The summed E-state index contributed by atoms with van der Waals surface area (Å²) in [6.45, 7) is 2.92. The van der Waals surface area contributed by atoms with Gasteiger partial charge in [0.05, 0.1) is 26.4 Å². The van der Waals surface area contributed by atoms with Crippen molar-refractivity contribution in [2.45, 2.75) is 18.9 Å². The maximum absolute atomic E-state index is 9.55. The molecule has 94 valence electrons. The quantitative estimate of drug-likeness (QED) is 0.825. The van der Waals surface area contributed by atoms with Gasteiger partial charge < -0.3 is 19.9 Å². The molecule has 1 aromatic carbocycles. The Morgan fingerprint density at radius 1 is 1.29 bits per heavy atom. The van der Waals surface area contributed by atoms with Gasteiger partial charge in [-0.3, -0.25) is 0 Å². The van der Waals surface area contributed by atoms with Gasteiger partial charge in [-0.05, 0) is 36.6 Å². The third-order valence-electron chi connectivity index (χ3n) is 3.43. The van der Waals surface area contributed by atoms with Gasteiger partial charge in [0.1, 0.15) is 0 Å². The minimum atomic E-state index is -0.396. The van der Waals surface area contributed by atoms with Crippen molar-refractivity contribution < 1.29 is 14.6 Å². The van der Waals surface area contributed by atoms with Crippen molar-refractivity contribution in [2.24, 2.45) is 0 Å². The summed E-state index contributed by atoms with van der Waals surface area (Å²) in [4.78, 5) is 0. The maximum atomic E-state index is 9.55. The maximum Gasteiger partial charge on any atom is 0.161 e. The molecule has 1 aliphatic rings. The van der Waals surface area contributed by atoms with Crippen LogP contribution in [0.2, 0.25) is 0 Å². The van der Waals surface area contributed by atoms with Crippen LogP contribution in [0.4, 0.5) is 0 Å². The number of hydrogen-bond acceptors (Lipinski definition) is 4. The topological polar surface area (TPSA) is 50.7 Å². The van der Waals surface area contributed by atoms with Crippen molar-refractivity contribution in [3.63, 3.8) is 0 Å². The number of fused-ring (bicyclic) bond motifs is 1. The molecule has 0 bridgehead atoms. The third-order valence-corrected chi connectivity index (χ3v) is 3.43. The van der Waals surface area contributed by atoms with E-state index in [0.717, 1.165) is 24.3 Å². The Balaban J connectivity index is 2.55. The smallest absolute Gasteiger partial charge is 0.161 e. The van der Waals surface area contributed by atoms with E-state index in [0.29, 0.717) is 5.75 Å². The first-order valence-corrected chi connectivity index (χ1v) is 5.76. The van der Waals surface area contributed by atoms with Crippen LogP contribution in [0.15, 0.2) is 12.1 Å². The zero-order chi connectivity index (χ0) is 12.5. The summed E-state index contributed by atoms with van der Waals surface area (Å²) in [5.41, 5.74) is 1.90. The Hall–Kier alpha value is -1.26. The van der Waals surface area contributed by atoms with E-state index in [1.165, 1.54) is 5.56 Å². The summed E-state index contributed by atoms with van der Waals surface area (Å²) in [7, 11) is 3.26.